The molecule has 5 heteroatoms. The number of aliphatic hydroxyl groups is 1. The van der Waals surface area contributed by atoms with E-state index in [-0.39, 0.29) is 12.5 Å². The van der Waals surface area contributed by atoms with Gasteiger partial charge in [-0.05, 0) is 50.4 Å². The van der Waals surface area contributed by atoms with Gasteiger partial charge in [-0.1, -0.05) is 6.07 Å². The number of nitrogens with one attached hydrogen (secondary N) is 1. The van der Waals surface area contributed by atoms with Gasteiger partial charge in [0.25, 0.3) is 0 Å². The summed E-state index contributed by atoms with van der Waals surface area (Å²) in [6, 6.07) is 6.14. The number of anilines is 2. The van der Waals surface area contributed by atoms with Crippen molar-refractivity contribution in [1.29, 1.82) is 0 Å². The predicted molar refractivity (Wildman–Crippen MR) is 85.1 cm³/mol. The molecule has 0 radical (unpaired) electrons. The Balaban J connectivity index is 1.75. The molecule has 0 bridgehead atoms. The Hall–Kier alpha value is -1.59. The van der Waals surface area contributed by atoms with Crippen LogP contribution in [0.15, 0.2) is 18.2 Å². The third-order valence-corrected chi connectivity index (χ3v) is 3.84. The minimum atomic E-state index is 0.0171. The molecule has 4 N–H and O–H groups in total. The van der Waals surface area contributed by atoms with Gasteiger partial charge < -0.3 is 16.2 Å². The molecular formula is C16H25N3O2. The molecule has 1 aliphatic carbocycles. The molecule has 0 spiro atoms. The van der Waals surface area contributed by atoms with Gasteiger partial charge in [0.05, 0.1) is 6.61 Å². The van der Waals surface area contributed by atoms with Gasteiger partial charge in [-0.25, -0.2) is 0 Å². The summed E-state index contributed by atoms with van der Waals surface area (Å²) in [6.45, 7) is 3.71. The van der Waals surface area contributed by atoms with Crippen LogP contribution < -0.4 is 11.1 Å². The van der Waals surface area contributed by atoms with Crippen molar-refractivity contribution in [2.45, 2.75) is 38.6 Å². The van der Waals surface area contributed by atoms with Crippen molar-refractivity contribution in [3.63, 3.8) is 0 Å². The minimum Gasteiger partial charge on any atom is -0.399 e. The van der Waals surface area contributed by atoms with Crippen molar-refractivity contribution in [2.24, 2.45) is 0 Å². The van der Waals surface area contributed by atoms with Crippen molar-refractivity contribution < 1.29 is 9.90 Å². The summed E-state index contributed by atoms with van der Waals surface area (Å²) in [6.07, 6.45) is 3.73. The summed E-state index contributed by atoms with van der Waals surface area (Å²) in [5, 5.41) is 12.0. The minimum absolute atomic E-state index is 0.0171. The number of aliphatic hydroxyl groups excluding tert-OH is 1. The molecule has 0 heterocycles. The fourth-order valence-corrected chi connectivity index (χ4v) is 2.47. The number of amides is 1. The number of hydrogen-bond donors (Lipinski definition) is 3. The number of benzene rings is 1. The maximum atomic E-state index is 12.0. The molecule has 2 rings (SSSR count). The lowest BCUT2D eigenvalue weighted by Crippen LogP contribution is -2.30. The lowest BCUT2D eigenvalue weighted by atomic mass is 10.1. The molecule has 21 heavy (non-hydrogen) atoms. The van der Waals surface area contributed by atoms with Crippen LogP contribution in [-0.4, -0.2) is 41.7 Å². The molecule has 1 aromatic carbocycles. The second-order valence-electron chi connectivity index (χ2n) is 5.72. The third kappa shape index (κ3) is 5.02. The van der Waals surface area contributed by atoms with Crippen molar-refractivity contribution in [1.82, 2.24) is 4.90 Å². The second kappa shape index (κ2) is 7.43. The van der Waals surface area contributed by atoms with E-state index < -0.39 is 0 Å². The smallest absolute Gasteiger partial charge is 0.224 e. The van der Waals surface area contributed by atoms with E-state index in [0.717, 1.165) is 24.2 Å². The second-order valence-corrected chi connectivity index (χ2v) is 5.72. The van der Waals surface area contributed by atoms with Gasteiger partial charge >= 0.3 is 0 Å². The van der Waals surface area contributed by atoms with Crippen LogP contribution in [0.5, 0.6) is 0 Å². The van der Waals surface area contributed by atoms with Crippen LogP contribution in [0, 0.1) is 6.92 Å². The number of nitrogens with two attached hydrogens (primary N) is 1. The van der Waals surface area contributed by atoms with Gasteiger partial charge in [-0.3, -0.25) is 9.69 Å². The number of nitrogens with zero attached hydrogens (tertiary/aromatic N) is 1. The van der Waals surface area contributed by atoms with Gasteiger partial charge in [0.15, 0.2) is 0 Å². The van der Waals surface area contributed by atoms with Crippen molar-refractivity contribution >= 4 is 17.3 Å². The molecule has 1 aliphatic rings. The Kier molecular flexibility index (Phi) is 5.59. The highest BCUT2D eigenvalue weighted by molar-refractivity contribution is 5.91. The number of hydrogen-bond acceptors (Lipinski definition) is 4. The maximum absolute atomic E-state index is 12.0. The zero-order chi connectivity index (χ0) is 15.2. The van der Waals surface area contributed by atoms with E-state index in [2.05, 4.69) is 10.2 Å². The lowest BCUT2D eigenvalue weighted by Gasteiger charge is -2.20. The first-order valence-electron chi connectivity index (χ1n) is 7.61. The van der Waals surface area contributed by atoms with Crippen LogP contribution >= 0.6 is 0 Å². The Morgan fingerprint density at radius 2 is 2.19 bits per heavy atom. The summed E-state index contributed by atoms with van der Waals surface area (Å²) < 4.78 is 0. The highest BCUT2D eigenvalue weighted by Gasteiger charge is 2.27. The van der Waals surface area contributed by atoms with Gasteiger partial charge in [0.2, 0.25) is 5.91 Å². The molecular weight excluding hydrogens is 266 g/mol. The molecule has 0 saturated heterocycles. The number of carbonyl (C=O) groups excluding carboxylic acids is 1. The summed E-state index contributed by atoms with van der Waals surface area (Å²) in [7, 11) is 0. The topological polar surface area (TPSA) is 78.6 Å². The first-order chi connectivity index (χ1) is 10.1. The van der Waals surface area contributed by atoms with Crippen LogP contribution in [0.1, 0.15) is 31.2 Å². The molecule has 0 atom stereocenters. The standard InChI is InChI=1S/C16H25N3O2/c1-12-4-5-13(17)11-15(12)18-16(21)3-2-8-19(9-10-20)14-6-7-14/h4-5,11,14,20H,2-3,6-10,17H2,1H3,(H,18,21). The van der Waals surface area contributed by atoms with Crippen LogP contribution in [0.25, 0.3) is 0 Å². The lowest BCUT2D eigenvalue weighted by molar-refractivity contribution is -0.116. The number of aryl methyl sites for hydroxylation is 1. The van der Waals surface area contributed by atoms with Gasteiger partial charge in [-0.15, -0.1) is 0 Å². The average molecular weight is 291 g/mol. The van der Waals surface area contributed by atoms with Crippen LogP contribution in [0.3, 0.4) is 0 Å². The SMILES string of the molecule is Cc1ccc(N)cc1NC(=O)CCCN(CCO)C1CC1. The fourth-order valence-electron chi connectivity index (χ4n) is 2.47. The van der Waals surface area contributed by atoms with Crippen molar-refractivity contribution in [3.8, 4) is 0 Å². The summed E-state index contributed by atoms with van der Waals surface area (Å²) in [4.78, 5) is 14.3. The highest BCUT2D eigenvalue weighted by Crippen LogP contribution is 2.26. The van der Waals surface area contributed by atoms with Crippen molar-refractivity contribution in [3.05, 3.63) is 23.8 Å². The summed E-state index contributed by atoms with van der Waals surface area (Å²) in [5.41, 5.74) is 8.18. The summed E-state index contributed by atoms with van der Waals surface area (Å²) >= 11 is 0. The Morgan fingerprint density at radius 1 is 1.43 bits per heavy atom. The Bertz CT molecular complexity index is 486. The Morgan fingerprint density at radius 3 is 2.86 bits per heavy atom. The number of rotatable bonds is 8. The molecule has 5 nitrogen and oxygen atoms in total. The third-order valence-electron chi connectivity index (χ3n) is 3.84. The first-order valence-corrected chi connectivity index (χ1v) is 7.61. The van der Waals surface area contributed by atoms with Crippen molar-refractivity contribution in [2.75, 3.05) is 30.7 Å². The van der Waals surface area contributed by atoms with E-state index in [1.807, 2.05) is 19.1 Å². The molecule has 0 unspecified atom stereocenters. The van der Waals surface area contributed by atoms with Crippen LogP contribution in [0.4, 0.5) is 11.4 Å². The van der Waals surface area contributed by atoms with E-state index in [9.17, 15) is 4.79 Å². The largest absolute Gasteiger partial charge is 0.399 e. The average Bonchev–Trinajstić information content (AvgIpc) is 3.26. The highest BCUT2D eigenvalue weighted by atomic mass is 16.3. The van der Waals surface area contributed by atoms with Crippen LogP contribution in [-0.2, 0) is 4.79 Å². The monoisotopic (exact) mass is 291 g/mol. The Labute approximate surface area is 126 Å². The van der Waals surface area contributed by atoms with Gasteiger partial charge in [0, 0.05) is 30.4 Å². The van der Waals surface area contributed by atoms with Gasteiger partial charge in [-0.2, -0.15) is 0 Å². The summed E-state index contributed by atoms with van der Waals surface area (Å²) in [5.74, 6) is 0.0171. The van der Waals surface area contributed by atoms with E-state index in [0.29, 0.717) is 24.7 Å². The quantitative estimate of drug-likeness (QED) is 0.638. The van der Waals surface area contributed by atoms with E-state index in [1.165, 1.54) is 12.8 Å². The molecule has 1 amide bonds. The molecule has 1 fully saturated rings. The van der Waals surface area contributed by atoms with E-state index in [4.69, 9.17) is 10.8 Å². The number of nitrogen functional groups attached to an aromatic ring is 1. The van der Waals surface area contributed by atoms with E-state index in [1.54, 1.807) is 6.07 Å². The van der Waals surface area contributed by atoms with E-state index >= 15 is 0 Å². The van der Waals surface area contributed by atoms with Gasteiger partial charge in [0.1, 0.15) is 0 Å². The molecule has 0 aliphatic heterocycles. The fraction of sp³-hybridized carbons (Fsp3) is 0.562. The first kappa shape index (κ1) is 15.8. The molecule has 1 saturated carbocycles. The van der Waals surface area contributed by atoms with Crippen LogP contribution in [0.2, 0.25) is 0 Å². The molecule has 116 valence electrons. The number of carbonyl (C=O) groups is 1. The molecule has 1 aromatic rings. The maximum Gasteiger partial charge on any atom is 0.224 e. The normalized spacial score (nSPS) is 14.4. The zero-order valence-corrected chi connectivity index (χ0v) is 12.6. The zero-order valence-electron chi connectivity index (χ0n) is 12.6. The molecule has 0 aromatic heterocycles. The predicted octanol–water partition coefficient (Wildman–Crippen LogP) is 1.75.